The fraction of sp³-hybridized carbons (Fsp3) is 0.455. The number of hydrogen-bond acceptors (Lipinski definition) is 5. The van der Waals surface area contributed by atoms with Crippen LogP contribution < -0.4 is 4.74 Å². The van der Waals surface area contributed by atoms with Gasteiger partial charge in [-0.05, 0) is 11.6 Å². The molecule has 0 amide bonds. The van der Waals surface area contributed by atoms with E-state index in [0.29, 0.717) is 6.42 Å². The van der Waals surface area contributed by atoms with Crippen molar-refractivity contribution in [3.8, 4) is 5.75 Å². The highest BCUT2D eigenvalue weighted by Gasteiger charge is 2.15. The van der Waals surface area contributed by atoms with E-state index in [1.54, 1.807) is 12.1 Å². The SMILES string of the molecule is COCC(O)Cc1ccc([N+](=O)[O-])c(OC)c1. The summed E-state index contributed by atoms with van der Waals surface area (Å²) in [6, 6.07) is 4.52. The lowest BCUT2D eigenvalue weighted by molar-refractivity contribution is -0.385. The predicted octanol–water partition coefficient (Wildman–Crippen LogP) is 1.15. The minimum atomic E-state index is -0.633. The third-order valence-corrected chi connectivity index (χ3v) is 2.27. The van der Waals surface area contributed by atoms with Crippen LogP contribution in [-0.4, -0.2) is 37.0 Å². The summed E-state index contributed by atoms with van der Waals surface area (Å²) in [6.07, 6.45) is -0.270. The minimum Gasteiger partial charge on any atom is -0.490 e. The van der Waals surface area contributed by atoms with Gasteiger partial charge < -0.3 is 14.6 Å². The highest BCUT2D eigenvalue weighted by atomic mass is 16.6. The summed E-state index contributed by atoms with van der Waals surface area (Å²) < 4.78 is 9.74. The van der Waals surface area contributed by atoms with Crippen molar-refractivity contribution in [3.63, 3.8) is 0 Å². The summed E-state index contributed by atoms with van der Waals surface area (Å²) in [7, 11) is 2.87. The van der Waals surface area contributed by atoms with Gasteiger partial charge in [0.25, 0.3) is 0 Å². The molecule has 0 aromatic heterocycles. The number of benzene rings is 1. The first-order valence-electron chi connectivity index (χ1n) is 5.06. The number of nitro benzene ring substituents is 1. The van der Waals surface area contributed by atoms with E-state index in [9.17, 15) is 15.2 Å². The molecule has 0 fully saturated rings. The molecule has 0 saturated heterocycles. The van der Waals surface area contributed by atoms with Crippen molar-refractivity contribution < 1.29 is 19.5 Å². The second-order valence-corrected chi connectivity index (χ2v) is 3.58. The van der Waals surface area contributed by atoms with E-state index in [0.717, 1.165) is 5.56 Å². The number of aliphatic hydroxyl groups excluding tert-OH is 1. The van der Waals surface area contributed by atoms with Gasteiger partial charge in [0.2, 0.25) is 0 Å². The zero-order valence-corrected chi connectivity index (χ0v) is 9.75. The first kappa shape index (κ1) is 13.4. The van der Waals surface area contributed by atoms with Crippen LogP contribution in [0.25, 0.3) is 0 Å². The fourth-order valence-electron chi connectivity index (χ4n) is 1.52. The standard InChI is InChI=1S/C11H15NO5/c1-16-7-9(13)5-8-3-4-10(12(14)15)11(6-8)17-2/h3-4,6,9,13H,5,7H2,1-2H3. The Kier molecular flexibility index (Phi) is 4.86. The molecule has 6 heteroatoms. The third kappa shape index (κ3) is 3.69. The highest BCUT2D eigenvalue weighted by molar-refractivity contribution is 5.48. The number of rotatable bonds is 6. The molecule has 0 radical (unpaired) electrons. The molecule has 0 aliphatic heterocycles. The Morgan fingerprint density at radius 2 is 2.18 bits per heavy atom. The van der Waals surface area contributed by atoms with E-state index in [1.165, 1.54) is 20.3 Å². The van der Waals surface area contributed by atoms with Crippen molar-refractivity contribution in [3.05, 3.63) is 33.9 Å². The lowest BCUT2D eigenvalue weighted by Gasteiger charge is -2.10. The number of hydrogen-bond donors (Lipinski definition) is 1. The van der Waals surface area contributed by atoms with E-state index in [4.69, 9.17) is 9.47 Å². The Morgan fingerprint density at radius 3 is 2.71 bits per heavy atom. The maximum atomic E-state index is 10.7. The number of methoxy groups -OCH3 is 2. The normalized spacial score (nSPS) is 12.2. The first-order chi connectivity index (χ1) is 8.08. The number of ether oxygens (including phenoxy) is 2. The van der Waals surface area contributed by atoms with E-state index in [2.05, 4.69) is 0 Å². The van der Waals surface area contributed by atoms with Crippen LogP contribution in [0.5, 0.6) is 5.75 Å². The van der Waals surface area contributed by atoms with Crippen LogP contribution in [0, 0.1) is 10.1 Å². The summed E-state index contributed by atoms with van der Waals surface area (Å²) >= 11 is 0. The number of nitro groups is 1. The average Bonchev–Trinajstić information content (AvgIpc) is 2.28. The maximum Gasteiger partial charge on any atom is 0.310 e. The molecule has 0 aliphatic carbocycles. The molecule has 0 bridgehead atoms. The van der Waals surface area contributed by atoms with Gasteiger partial charge in [-0.25, -0.2) is 0 Å². The van der Waals surface area contributed by atoms with Crippen molar-refractivity contribution in [2.45, 2.75) is 12.5 Å². The van der Waals surface area contributed by atoms with Gasteiger partial charge in [0.05, 0.1) is 24.7 Å². The molecule has 0 heterocycles. The quantitative estimate of drug-likeness (QED) is 0.596. The van der Waals surface area contributed by atoms with Gasteiger partial charge in [0.15, 0.2) is 5.75 Å². The van der Waals surface area contributed by atoms with Crippen LogP contribution in [0.15, 0.2) is 18.2 Å². The molecule has 1 aromatic rings. The molecular weight excluding hydrogens is 226 g/mol. The second-order valence-electron chi connectivity index (χ2n) is 3.58. The Balaban J connectivity index is 2.86. The third-order valence-electron chi connectivity index (χ3n) is 2.27. The van der Waals surface area contributed by atoms with Gasteiger partial charge in [-0.1, -0.05) is 6.07 Å². The zero-order valence-electron chi connectivity index (χ0n) is 9.75. The van der Waals surface area contributed by atoms with Crippen LogP contribution >= 0.6 is 0 Å². The number of nitrogens with zero attached hydrogens (tertiary/aromatic N) is 1. The van der Waals surface area contributed by atoms with Gasteiger partial charge in [0, 0.05) is 19.6 Å². The molecule has 1 atom stereocenters. The number of aliphatic hydroxyl groups is 1. The topological polar surface area (TPSA) is 81.8 Å². The molecule has 0 spiro atoms. The predicted molar refractivity (Wildman–Crippen MR) is 61.2 cm³/mol. The molecular formula is C11H15NO5. The van der Waals surface area contributed by atoms with E-state index >= 15 is 0 Å². The van der Waals surface area contributed by atoms with Crippen molar-refractivity contribution in [2.24, 2.45) is 0 Å². The Labute approximate surface area is 98.9 Å². The van der Waals surface area contributed by atoms with Crippen molar-refractivity contribution >= 4 is 5.69 Å². The van der Waals surface area contributed by atoms with Gasteiger partial charge in [0.1, 0.15) is 0 Å². The molecule has 1 rings (SSSR count). The van der Waals surface area contributed by atoms with Gasteiger partial charge >= 0.3 is 5.69 Å². The molecule has 1 N–H and O–H groups in total. The molecule has 17 heavy (non-hydrogen) atoms. The van der Waals surface area contributed by atoms with Gasteiger partial charge in [-0.15, -0.1) is 0 Å². The van der Waals surface area contributed by atoms with E-state index in [-0.39, 0.29) is 18.0 Å². The Morgan fingerprint density at radius 1 is 1.47 bits per heavy atom. The smallest absolute Gasteiger partial charge is 0.310 e. The van der Waals surface area contributed by atoms with Crippen molar-refractivity contribution in [1.82, 2.24) is 0 Å². The van der Waals surface area contributed by atoms with Crippen LogP contribution in [0.2, 0.25) is 0 Å². The highest BCUT2D eigenvalue weighted by Crippen LogP contribution is 2.27. The van der Waals surface area contributed by atoms with Crippen LogP contribution in [0.3, 0.4) is 0 Å². The average molecular weight is 241 g/mol. The molecule has 6 nitrogen and oxygen atoms in total. The second kappa shape index (κ2) is 6.17. The largest absolute Gasteiger partial charge is 0.490 e. The van der Waals surface area contributed by atoms with Crippen molar-refractivity contribution in [2.75, 3.05) is 20.8 Å². The minimum absolute atomic E-state index is 0.0857. The molecule has 94 valence electrons. The molecule has 0 saturated carbocycles. The maximum absolute atomic E-state index is 10.7. The molecule has 1 aromatic carbocycles. The summed E-state index contributed by atoms with van der Waals surface area (Å²) in [5.74, 6) is 0.192. The van der Waals surface area contributed by atoms with E-state index < -0.39 is 11.0 Å². The van der Waals surface area contributed by atoms with E-state index in [1.807, 2.05) is 0 Å². The fourth-order valence-corrected chi connectivity index (χ4v) is 1.52. The van der Waals surface area contributed by atoms with Crippen molar-refractivity contribution in [1.29, 1.82) is 0 Å². The summed E-state index contributed by atoms with van der Waals surface area (Å²) in [4.78, 5) is 10.2. The molecule has 0 aliphatic rings. The van der Waals surface area contributed by atoms with Gasteiger partial charge in [-0.3, -0.25) is 10.1 Å². The lowest BCUT2D eigenvalue weighted by atomic mass is 10.1. The van der Waals surface area contributed by atoms with Crippen LogP contribution in [-0.2, 0) is 11.2 Å². The summed E-state index contributed by atoms with van der Waals surface area (Å²) in [5, 5.41) is 20.2. The summed E-state index contributed by atoms with van der Waals surface area (Å²) in [5.41, 5.74) is 0.675. The molecule has 1 unspecified atom stereocenters. The van der Waals surface area contributed by atoms with Crippen LogP contribution in [0.4, 0.5) is 5.69 Å². The van der Waals surface area contributed by atoms with Crippen LogP contribution in [0.1, 0.15) is 5.56 Å². The van der Waals surface area contributed by atoms with Gasteiger partial charge in [-0.2, -0.15) is 0 Å². The summed E-state index contributed by atoms with van der Waals surface area (Å²) in [6.45, 7) is 0.222. The Bertz CT molecular complexity index is 393. The lowest BCUT2D eigenvalue weighted by Crippen LogP contribution is -2.16. The monoisotopic (exact) mass is 241 g/mol. The first-order valence-corrected chi connectivity index (χ1v) is 5.06. The zero-order chi connectivity index (χ0) is 12.8. The Hall–Kier alpha value is -1.66.